The van der Waals surface area contributed by atoms with Crippen molar-refractivity contribution >= 4 is 0 Å². The van der Waals surface area contributed by atoms with Crippen LogP contribution in [-0.2, 0) is 7.05 Å². The number of aromatic nitrogens is 2. The van der Waals surface area contributed by atoms with Gasteiger partial charge in [-0.05, 0) is 26.3 Å². The Morgan fingerprint density at radius 1 is 1.44 bits per heavy atom. The molecular formula is C12H23N3O. The number of hydrogen-bond donors (Lipinski definition) is 1. The highest BCUT2D eigenvalue weighted by Gasteiger charge is 2.05. The molecule has 16 heavy (non-hydrogen) atoms. The topological polar surface area (TPSA) is 39.1 Å². The van der Waals surface area contributed by atoms with E-state index in [0.717, 1.165) is 25.1 Å². The molecule has 0 aliphatic carbocycles. The first-order valence-corrected chi connectivity index (χ1v) is 5.96. The highest BCUT2D eigenvalue weighted by molar-refractivity contribution is 5.11. The summed E-state index contributed by atoms with van der Waals surface area (Å²) in [5.74, 6) is 0.854. The van der Waals surface area contributed by atoms with Crippen LogP contribution in [0.5, 0.6) is 5.75 Å². The fraction of sp³-hybridized carbons (Fsp3) is 0.750. The van der Waals surface area contributed by atoms with Crippen LogP contribution < -0.4 is 10.1 Å². The van der Waals surface area contributed by atoms with Gasteiger partial charge in [0.1, 0.15) is 0 Å². The van der Waals surface area contributed by atoms with Crippen molar-refractivity contribution in [3.63, 3.8) is 0 Å². The molecule has 1 heterocycles. The number of aryl methyl sites for hydroxylation is 1. The van der Waals surface area contributed by atoms with Crippen molar-refractivity contribution in [2.45, 2.75) is 45.8 Å². The predicted octanol–water partition coefficient (Wildman–Crippen LogP) is 1.97. The molecule has 0 aliphatic rings. The van der Waals surface area contributed by atoms with Gasteiger partial charge < -0.3 is 10.1 Å². The average Bonchev–Trinajstić information content (AvgIpc) is 2.58. The summed E-state index contributed by atoms with van der Waals surface area (Å²) >= 11 is 0. The van der Waals surface area contributed by atoms with Gasteiger partial charge in [0.05, 0.1) is 18.5 Å². The Kier molecular flexibility index (Phi) is 5.32. The number of ether oxygens (including phenoxy) is 1. The zero-order valence-corrected chi connectivity index (χ0v) is 10.7. The van der Waals surface area contributed by atoms with Crippen LogP contribution in [-0.4, -0.2) is 28.5 Å². The van der Waals surface area contributed by atoms with Gasteiger partial charge in [0.2, 0.25) is 0 Å². The Bertz CT molecular complexity index is 296. The van der Waals surface area contributed by atoms with E-state index in [1.807, 2.05) is 13.2 Å². The minimum Gasteiger partial charge on any atom is -0.487 e. The average molecular weight is 225 g/mol. The number of hydrogen-bond acceptors (Lipinski definition) is 3. The zero-order chi connectivity index (χ0) is 12.0. The molecule has 0 radical (unpaired) electrons. The first-order valence-electron chi connectivity index (χ1n) is 5.96. The van der Waals surface area contributed by atoms with E-state index in [-0.39, 0.29) is 6.10 Å². The van der Waals surface area contributed by atoms with E-state index in [1.54, 1.807) is 10.9 Å². The van der Waals surface area contributed by atoms with Gasteiger partial charge in [-0.25, -0.2) is 0 Å². The van der Waals surface area contributed by atoms with Crippen molar-refractivity contribution in [3.05, 3.63) is 12.4 Å². The summed E-state index contributed by atoms with van der Waals surface area (Å²) < 4.78 is 7.48. The first-order chi connectivity index (χ1) is 7.58. The van der Waals surface area contributed by atoms with Crippen molar-refractivity contribution in [3.8, 4) is 5.75 Å². The molecule has 0 bridgehead atoms. The van der Waals surface area contributed by atoms with Gasteiger partial charge in [-0.2, -0.15) is 5.10 Å². The standard InChI is InChI=1S/C12H23N3O/c1-10(2)13-7-5-6-11(3)16-12-8-14-15(4)9-12/h8-11,13H,5-7H2,1-4H3. The molecule has 0 amide bonds. The lowest BCUT2D eigenvalue weighted by Crippen LogP contribution is -2.24. The molecule has 1 aromatic heterocycles. The van der Waals surface area contributed by atoms with Crippen molar-refractivity contribution in [1.82, 2.24) is 15.1 Å². The summed E-state index contributed by atoms with van der Waals surface area (Å²) in [7, 11) is 1.89. The summed E-state index contributed by atoms with van der Waals surface area (Å²) in [4.78, 5) is 0. The summed E-state index contributed by atoms with van der Waals surface area (Å²) in [6, 6.07) is 0.564. The number of nitrogens with zero attached hydrogens (tertiary/aromatic N) is 2. The monoisotopic (exact) mass is 225 g/mol. The van der Waals surface area contributed by atoms with Crippen LogP contribution >= 0.6 is 0 Å². The van der Waals surface area contributed by atoms with Crippen LogP contribution in [0.4, 0.5) is 0 Å². The molecular weight excluding hydrogens is 202 g/mol. The van der Waals surface area contributed by atoms with Crippen molar-refractivity contribution < 1.29 is 4.74 Å². The van der Waals surface area contributed by atoms with Crippen molar-refractivity contribution in [2.24, 2.45) is 7.05 Å². The Labute approximate surface area is 98.0 Å². The summed E-state index contributed by atoms with van der Waals surface area (Å²) in [6.07, 6.45) is 6.10. The van der Waals surface area contributed by atoms with Crippen molar-refractivity contribution in [1.29, 1.82) is 0 Å². The number of rotatable bonds is 7. The van der Waals surface area contributed by atoms with Crippen molar-refractivity contribution in [2.75, 3.05) is 6.54 Å². The zero-order valence-electron chi connectivity index (χ0n) is 10.7. The third-order valence-electron chi connectivity index (χ3n) is 2.36. The van der Waals surface area contributed by atoms with Gasteiger partial charge in [-0.1, -0.05) is 13.8 Å². The van der Waals surface area contributed by atoms with Crippen LogP contribution in [0.1, 0.15) is 33.6 Å². The molecule has 0 fully saturated rings. The largest absolute Gasteiger partial charge is 0.487 e. The third kappa shape index (κ3) is 5.16. The van der Waals surface area contributed by atoms with E-state index in [9.17, 15) is 0 Å². The van der Waals surface area contributed by atoms with E-state index < -0.39 is 0 Å². The molecule has 0 saturated heterocycles. The second-order valence-electron chi connectivity index (χ2n) is 4.53. The van der Waals surface area contributed by atoms with Crippen LogP contribution in [0.3, 0.4) is 0 Å². The molecule has 1 rings (SSSR count). The molecule has 4 heteroatoms. The molecule has 0 spiro atoms. The molecule has 0 aliphatic heterocycles. The molecule has 1 atom stereocenters. The molecule has 0 aromatic carbocycles. The molecule has 1 unspecified atom stereocenters. The normalized spacial score (nSPS) is 13.1. The summed E-state index contributed by atoms with van der Waals surface area (Å²) in [6.45, 7) is 7.48. The van der Waals surface area contributed by atoms with E-state index >= 15 is 0 Å². The van der Waals surface area contributed by atoms with E-state index in [2.05, 4.69) is 31.2 Å². The maximum absolute atomic E-state index is 5.73. The highest BCUT2D eigenvalue weighted by Crippen LogP contribution is 2.11. The van der Waals surface area contributed by atoms with Crippen LogP contribution in [0.2, 0.25) is 0 Å². The first kappa shape index (κ1) is 13.0. The Balaban J connectivity index is 2.13. The Morgan fingerprint density at radius 2 is 2.19 bits per heavy atom. The van der Waals surface area contributed by atoms with Gasteiger partial charge in [0.25, 0.3) is 0 Å². The maximum atomic E-state index is 5.73. The maximum Gasteiger partial charge on any atom is 0.157 e. The second kappa shape index (κ2) is 6.53. The van der Waals surface area contributed by atoms with Gasteiger partial charge in [-0.3, -0.25) is 4.68 Å². The van der Waals surface area contributed by atoms with Gasteiger partial charge in [-0.15, -0.1) is 0 Å². The highest BCUT2D eigenvalue weighted by atomic mass is 16.5. The van der Waals surface area contributed by atoms with Gasteiger partial charge in [0.15, 0.2) is 5.75 Å². The smallest absolute Gasteiger partial charge is 0.157 e. The van der Waals surface area contributed by atoms with E-state index in [1.165, 1.54) is 0 Å². The lowest BCUT2D eigenvalue weighted by atomic mass is 10.2. The van der Waals surface area contributed by atoms with E-state index in [0.29, 0.717) is 6.04 Å². The third-order valence-corrected chi connectivity index (χ3v) is 2.36. The summed E-state index contributed by atoms with van der Waals surface area (Å²) in [5, 5.41) is 7.47. The van der Waals surface area contributed by atoms with Gasteiger partial charge in [0, 0.05) is 13.1 Å². The van der Waals surface area contributed by atoms with E-state index in [4.69, 9.17) is 4.74 Å². The Morgan fingerprint density at radius 3 is 2.75 bits per heavy atom. The molecule has 4 nitrogen and oxygen atoms in total. The van der Waals surface area contributed by atoms with Crippen LogP contribution in [0.15, 0.2) is 12.4 Å². The minimum atomic E-state index is 0.248. The molecule has 1 N–H and O–H groups in total. The molecule has 1 aromatic rings. The molecule has 0 saturated carbocycles. The van der Waals surface area contributed by atoms with Crippen LogP contribution in [0, 0.1) is 0 Å². The minimum absolute atomic E-state index is 0.248. The fourth-order valence-corrected chi connectivity index (χ4v) is 1.53. The Hall–Kier alpha value is -1.03. The predicted molar refractivity (Wildman–Crippen MR) is 65.7 cm³/mol. The SMILES string of the molecule is CC(C)NCCCC(C)Oc1cnn(C)c1. The lowest BCUT2D eigenvalue weighted by Gasteiger charge is -2.13. The second-order valence-corrected chi connectivity index (χ2v) is 4.53. The quantitative estimate of drug-likeness (QED) is 0.721. The van der Waals surface area contributed by atoms with Crippen LogP contribution in [0.25, 0.3) is 0 Å². The fourth-order valence-electron chi connectivity index (χ4n) is 1.53. The molecule has 92 valence electrons. The summed E-state index contributed by atoms with van der Waals surface area (Å²) in [5.41, 5.74) is 0. The van der Waals surface area contributed by atoms with Gasteiger partial charge >= 0.3 is 0 Å². The number of nitrogens with one attached hydrogen (secondary N) is 1. The lowest BCUT2D eigenvalue weighted by molar-refractivity contribution is 0.207.